The Hall–Kier alpha value is -17.1. The molecule has 0 radical (unpaired) electrons. The van der Waals surface area contributed by atoms with Gasteiger partial charge in [-0.2, -0.15) is 44.9 Å². The molecular formula is C96H57B3N24. The van der Waals surface area contributed by atoms with Crippen LogP contribution in [0.4, 0.5) is 52.4 Å². The molecular weight excluding hydrogens is 1520 g/mol. The fourth-order valence-corrected chi connectivity index (χ4v) is 20.3. The first-order chi connectivity index (χ1) is 61.1. The summed E-state index contributed by atoms with van der Waals surface area (Å²) in [5.41, 5.74) is 13.0. The molecule has 0 N–H and O–H groups in total. The van der Waals surface area contributed by atoms with Crippen LogP contribution in [0.15, 0.2) is 346 Å². The predicted octanol–water partition coefficient (Wildman–Crippen LogP) is 19.3. The number of nitrogens with zero attached hydrogens (tertiary/aromatic N) is 24. The van der Waals surface area contributed by atoms with Crippen molar-refractivity contribution >= 4 is 205 Å². The molecule has 1 saturated heterocycles. The predicted molar refractivity (Wildman–Crippen MR) is 489 cm³/mol. The van der Waals surface area contributed by atoms with E-state index in [1.54, 1.807) is 0 Å². The molecule has 0 unspecified atom stereocenters. The zero-order valence-electron chi connectivity index (χ0n) is 64.9. The lowest BCUT2D eigenvalue weighted by Crippen LogP contribution is -2.84. The maximum Gasteiger partial charge on any atom is 0.494 e. The van der Waals surface area contributed by atoms with Crippen molar-refractivity contribution in [2.75, 3.05) is 28.6 Å². The second kappa shape index (κ2) is 24.8. The third-order valence-corrected chi connectivity index (χ3v) is 25.1. The number of rotatable bonds is 9. The molecule has 16 heterocycles. The van der Waals surface area contributed by atoms with Gasteiger partial charge in [0.2, 0.25) is 53.5 Å². The van der Waals surface area contributed by atoms with Gasteiger partial charge in [-0.1, -0.05) is 218 Å². The SMILES string of the molecule is c1cnc2c(c1)N(c1nc(-n3c4ccccc4c4ccccc43)nc(-n3c4ccccc4c4ccccc43)n1)B1N2B2N(B3N1c1ncccc1N3c1nc(-n3c4ccccc4c4ccccc43)nc(-n3c4ccccc4c4ccccc43)n1)c1ncccc1N2c1nc(-n2c3ccccc3c3ccccc32)nc(-n2c3ccccc3c3ccccc32)n1. The Labute approximate surface area is 698 Å². The van der Waals surface area contributed by atoms with Gasteiger partial charge in [0.1, 0.15) is 17.5 Å². The van der Waals surface area contributed by atoms with Crippen LogP contribution in [-0.4, -0.2) is 109 Å². The summed E-state index contributed by atoms with van der Waals surface area (Å²) in [6, 6.07) is 114. The van der Waals surface area contributed by atoms with E-state index < -0.39 is 21.4 Å². The van der Waals surface area contributed by atoms with E-state index in [1.165, 1.54) is 0 Å². The summed E-state index contributed by atoms with van der Waals surface area (Å²) in [7, 11) is -3.08. The molecule has 4 aliphatic rings. The van der Waals surface area contributed by atoms with E-state index in [4.69, 9.17) is 59.8 Å². The average molecular weight is 1580 g/mol. The molecule has 0 atom stereocenters. The van der Waals surface area contributed by atoms with Gasteiger partial charge in [-0.25, -0.2) is 15.0 Å². The normalized spacial score (nSPS) is 13.7. The fourth-order valence-electron chi connectivity index (χ4n) is 20.3. The fraction of sp³-hybridized carbons (Fsp3) is 0. The summed E-state index contributed by atoms with van der Waals surface area (Å²) in [5.74, 6) is 4.92. The first-order valence-corrected chi connectivity index (χ1v) is 40.9. The van der Waals surface area contributed by atoms with Crippen LogP contribution in [0.2, 0.25) is 0 Å². The highest BCUT2D eigenvalue weighted by Gasteiger charge is 2.72. The number of aromatic nitrogens is 18. The smallest absolute Gasteiger partial charge is 0.366 e. The first kappa shape index (κ1) is 66.0. The van der Waals surface area contributed by atoms with E-state index in [9.17, 15) is 0 Å². The number of fused-ring (bicyclic) bond motifs is 30. The van der Waals surface area contributed by atoms with E-state index in [2.05, 4.69) is 365 Å². The van der Waals surface area contributed by atoms with Crippen LogP contribution in [0.5, 0.6) is 0 Å². The second-order valence-corrected chi connectivity index (χ2v) is 31.3. The summed E-state index contributed by atoms with van der Waals surface area (Å²) in [4.78, 5) is 76.4. The van der Waals surface area contributed by atoms with Crippen molar-refractivity contribution in [3.63, 3.8) is 0 Å². The number of para-hydroxylation sites is 12. The Bertz CT molecular complexity index is 7190. The minimum Gasteiger partial charge on any atom is -0.366 e. The average Bonchev–Trinajstić information content (AvgIpc) is 1.50. The zero-order valence-corrected chi connectivity index (χ0v) is 64.9. The van der Waals surface area contributed by atoms with E-state index in [0.717, 1.165) is 131 Å². The lowest BCUT2D eigenvalue weighted by atomic mass is 9.56. The maximum atomic E-state index is 5.95. The lowest BCUT2D eigenvalue weighted by molar-refractivity contribution is 0.883. The van der Waals surface area contributed by atoms with Crippen molar-refractivity contribution in [1.82, 2.24) is 87.2 Å². The van der Waals surface area contributed by atoms with Crippen molar-refractivity contribution in [2.45, 2.75) is 0 Å². The summed E-state index contributed by atoms with van der Waals surface area (Å²) in [6.07, 6.45) is 5.55. The number of hydrogen-bond donors (Lipinski definition) is 0. The van der Waals surface area contributed by atoms with Crippen LogP contribution in [0.3, 0.4) is 0 Å². The molecule has 27 heteroatoms. The van der Waals surface area contributed by atoms with Crippen molar-refractivity contribution in [1.29, 1.82) is 0 Å². The highest BCUT2D eigenvalue weighted by molar-refractivity contribution is 7.11. The summed E-state index contributed by atoms with van der Waals surface area (Å²) >= 11 is 0. The van der Waals surface area contributed by atoms with Crippen molar-refractivity contribution < 1.29 is 0 Å². The molecule has 123 heavy (non-hydrogen) atoms. The quantitative estimate of drug-likeness (QED) is 0.123. The van der Waals surface area contributed by atoms with Crippen molar-refractivity contribution in [2.24, 2.45) is 0 Å². The first-order valence-electron chi connectivity index (χ1n) is 40.9. The minimum atomic E-state index is -1.03. The minimum absolute atomic E-state index is 0.300. The van der Waals surface area contributed by atoms with Gasteiger partial charge < -0.3 is 28.6 Å². The third-order valence-electron chi connectivity index (χ3n) is 25.1. The molecule has 570 valence electrons. The summed E-state index contributed by atoms with van der Waals surface area (Å²) in [6.45, 7) is 0. The molecule has 4 aliphatic heterocycles. The van der Waals surface area contributed by atoms with Crippen LogP contribution in [0.1, 0.15) is 0 Å². The van der Waals surface area contributed by atoms with Crippen LogP contribution in [-0.2, 0) is 0 Å². The summed E-state index contributed by atoms with van der Waals surface area (Å²) in [5, 5.41) is 12.5. The van der Waals surface area contributed by atoms with Gasteiger partial charge in [-0.15, -0.1) is 0 Å². The van der Waals surface area contributed by atoms with Gasteiger partial charge in [0.05, 0.1) is 83.3 Å². The van der Waals surface area contributed by atoms with E-state index in [1.807, 2.05) is 36.8 Å². The lowest BCUT2D eigenvalue weighted by Gasteiger charge is -2.49. The molecule has 24 nitrogen and oxygen atoms in total. The van der Waals surface area contributed by atoms with Crippen LogP contribution >= 0.6 is 0 Å². The second-order valence-electron chi connectivity index (χ2n) is 31.3. The van der Waals surface area contributed by atoms with Gasteiger partial charge in [0.15, 0.2) is 0 Å². The molecule has 28 rings (SSSR count). The standard InChI is InChI=1S/C96H57B3N24/c1-13-40-70-58(28-1)59-29-2-14-41-71(59)112(70)88-103-89(113-72-42-15-3-30-60(72)61-31-4-16-43-73(61)113)107-94(106-88)118-82-52-25-55-100-85(82)121-97(118)122-86-83(53-26-56-101-86)119(95-108-90(114-74-44-17-5-32-62(74)63-33-6-18-45-75(63)114)104-91(109-95)115-76-46-19-7-34-64(76)65-35-8-20-47-77(65)115)99(122)123-87-84(54-27-57-102-87)120(98(121)123)96-110-92(116-78-48-21-9-36-66(78)67-37-10-22-49-79(67)116)105-93(111-96)117-80-50-23-11-38-68(80)69-39-12-24-51-81(69)117/h1-57H. The van der Waals surface area contributed by atoms with Gasteiger partial charge in [0, 0.05) is 83.2 Å². The highest BCUT2D eigenvalue weighted by Crippen LogP contribution is 2.57. The van der Waals surface area contributed by atoms with Crippen LogP contribution < -0.4 is 28.6 Å². The third kappa shape index (κ3) is 8.97. The van der Waals surface area contributed by atoms with Gasteiger partial charge in [-0.05, 0) is 109 Å². The van der Waals surface area contributed by atoms with E-state index in [0.29, 0.717) is 88.1 Å². The number of pyridine rings is 3. The number of hydrogen-bond acceptors (Lipinski definition) is 18. The Morgan fingerprint density at radius 2 is 0.301 bits per heavy atom. The Morgan fingerprint density at radius 3 is 0.463 bits per heavy atom. The largest absolute Gasteiger partial charge is 0.494 e. The van der Waals surface area contributed by atoms with E-state index >= 15 is 0 Å². The molecule has 0 bridgehead atoms. The van der Waals surface area contributed by atoms with Gasteiger partial charge in [-0.3, -0.25) is 27.4 Å². The molecule has 0 aliphatic carbocycles. The maximum absolute atomic E-state index is 5.95. The van der Waals surface area contributed by atoms with Crippen LogP contribution in [0, 0.1) is 0 Å². The number of benzene rings is 12. The molecule has 1 fully saturated rings. The Kier molecular flexibility index (Phi) is 13.3. The Morgan fingerprint density at radius 1 is 0.154 bits per heavy atom. The van der Waals surface area contributed by atoms with Crippen molar-refractivity contribution in [3.05, 3.63) is 346 Å². The molecule has 12 aromatic heterocycles. The van der Waals surface area contributed by atoms with E-state index in [-0.39, 0.29) is 0 Å². The van der Waals surface area contributed by atoms with Crippen LogP contribution in [0.25, 0.3) is 167 Å². The molecule has 12 aromatic carbocycles. The van der Waals surface area contributed by atoms with Gasteiger partial charge >= 0.3 is 21.4 Å². The topological polar surface area (TPSA) is 204 Å². The van der Waals surface area contributed by atoms with Crippen molar-refractivity contribution in [3.8, 4) is 35.7 Å². The Balaban J connectivity index is 0.755. The molecule has 0 saturated carbocycles. The summed E-state index contributed by atoms with van der Waals surface area (Å²) < 4.78 is 20.0. The molecule has 0 amide bonds. The molecule has 24 aromatic rings. The highest BCUT2D eigenvalue weighted by atomic mass is 15.6. The monoisotopic (exact) mass is 1580 g/mol. The molecule has 0 spiro atoms. The zero-order chi connectivity index (χ0) is 80.0. The van der Waals surface area contributed by atoms with Gasteiger partial charge in [0.25, 0.3) is 0 Å². The number of anilines is 9.